The van der Waals surface area contributed by atoms with Gasteiger partial charge in [-0.05, 0) is 6.92 Å². The van der Waals surface area contributed by atoms with Crippen LogP contribution in [0.4, 0.5) is 22.0 Å². The summed E-state index contributed by atoms with van der Waals surface area (Å²) in [5.41, 5.74) is 0.955. The van der Waals surface area contributed by atoms with E-state index in [1.54, 1.807) is 0 Å². The van der Waals surface area contributed by atoms with Crippen molar-refractivity contribution in [1.29, 1.82) is 0 Å². The topological polar surface area (TPSA) is 65.2 Å². The zero-order valence-electron chi connectivity index (χ0n) is 10.3. The molecule has 0 unspecified atom stereocenters. The minimum absolute atomic E-state index is 0.0739. The first-order chi connectivity index (χ1) is 9.23. The molecule has 0 spiro atoms. The zero-order chi connectivity index (χ0) is 15.5. The predicted molar refractivity (Wildman–Crippen MR) is 58.0 cm³/mol. The summed E-state index contributed by atoms with van der Waals surface area (Å²) in [6.45, 7) is 0.693. The normalized spacial score (nSPS) is 11.8. The van der Waals surface area contributed by atoms with Gasteiger partial charge in [-0.1, -0.05) is 0 Å². The van der Waals surface area contributed by atoms with Crippen molar-refractivity contribution in [3.63, 3.8) is 0 Å². The lowest BCUT2D eigenvalue weighted by Gasteiger charge is -2.17. The lowest BCUT2D eigenvalue weighted by atomic mass is 10.0. The van der Waals surface area contributed by atoms with Crippen LogP contribution in [0, 0.1) is 0 Å². The number of alkyl halides is 5. The number of ether oxygens (including phenoxy) is 1. The van der Waals surface area contributed by atoms with E-state index in [1.165, 1.54) is 6.92 Å². The van der Waals surface area contributed by atoms with Crippen molar-refractivity contribution in [3.05, 3.63) is 28.6 Å². The third-order valence-electron chi connectivity index (χ3n) is 2.42. The highest BCUT2D eigenvalue weighted by Crippen LogP contribution is 2.38. The fourth-order valence-electron chi connectivity index (χ4n) is 1.62. The molecule has 0 aliphatic rings. The number of aromatic nitrogens is 1. The van der Waals surface area contributed by atoms with E-state index in [9.17, 15) is 26.7 Å². The van der Waals surface area contributed by atoms with Crippen molar-refractivity contribution in [2.24, 2.45) is 5.73 Å². The monoisotopic (exact) mass is 298 g/mol. The molecule has 112 valence electrons. The average Bonchev–Trinajstić information content (AvgIpc) is 2.35. The van der Waals surface area contributed by atoms with Crippen molar-refractivity contribution in [3.8, 4) is 0 Å². The number of nitrogens with zero attached hydrogens (tertiary/aromatic N) is 1. The molecule has 1 aromatic rings. The molecular formula is C11H11F5N2O2. The van der Waals surface area contributed by atoms with Gasteiger partial charge in [0.2, 0.25) is 0 Å². The van der Waals surface area contributed by atoms with Gasteiger partial charge in [0.1, 0.15) is 0 Å². The largest absolute Gasteiger partial charge is 0.461 e. The molecule has 0 atom stereocenters. The van der Waals surface area contributed by atoms with Crippen molar-refractivity contribution < 1.29 is 31.5 Å². The third kappa shape index (κ3) is 3.21. The van der Waals surface area contributed by atoms with E-state index >= 15 is 0 Å². The second kappa shape index (κ2) is 6.12. The fraction of sp³-hybridized carbons (Fsp3) is 0.455. The number of carbonyl (C=O) groups excluding carboxylic acids is 1. The molecule has 2 N–H and O–H groups in total. The van der Waals surface area contributed by atoms with E-state index in [4.69, 9.17) is 5.73 Å². The molecule has 20 heavy (non-hydrogen) atoms. The van der Waals surface area contributed by atoms with Gasteiger partial charge in [-0.15, -0.1) is 0 Å². The van der Waals surface area contributed by atoms with Crippen molar-refractivity contribution in [2.75, 3.05) is 6.61 Å². The molecule has 1 heterocycles. The Hall–Kier alpha value is -1.77. The van der Waals surface area contributed by atoms with Gasteiger partial charge in [0.25, 0.3) is 6.43 Å². The highest BCUT2D eigenvalue weighted by molar-refractivity contribution is 5.89. The molecule has 0 aliphatic heterocycles. The quantitative estimate of drug-likeness (QED) is 0.685. The summed E-state index contributed by atoms with van der Waals surface area (Å²) in [6.07, 6.45) is -8.27. The van der Waals surface area contributed by atoms with Gasteiger partial charge < -0.3 is 10.5 Å². The number of rotatable bonds is 4. The summed E-state index contributed by atoms with van der Waals surface area (Å²) < 4.78 is 68.4. The zero-order valence-corrected chi connectivity index (χ0v) is 10.3. The molecule has 0 bridgehead atoms. The summed E-state index contributed by atoms with van der Waals surface area (Å²) in [5, 5.41) is 0. The lowest BCUT2D eigenvalue weighted by molar-refractivity contribution is -0.139. The molecular weight excluding hydrogens is 287 g/mol. The van der Waals surface area contributed by atoms with Crippen LogP contribution in [-0.2, 0) is 17.5 Å². The number of hydrogen-bond donors (Lipinski definition) is 1. The van der Waals surface area contributed by atoms with Crippen LogP contribution in [0.5, 0.6) is 0 Å². The summed E-state index contributed by atoms with van der Waals surface area (Å²) in [6, 6.07) is 0. The Morgan fingerprint density at radius 3 is 2.45 bits per heavy atom. The van der Waals surface area contributed by atoms with Crippen LogP contribution >= 0.6 is 0 Å². The van der Waals surface area contributed by atoms with Crippen LogP contribution in [0.25, 0.3) is 0 Å². The molecule has 0 fully saturated rings. The van der Waals surface area contributed by atoms with Crippen LogP contribution in [0.2, 0.25) is 0 Å². The number of carbonyl (C=O) groups is 1. The molecule has 1 aromatic heterocycles. The Morgan fingerprint density at radius 2 is 2.05 bits per heavy atom. The summed E-state index contributed by atoms with van der Waals surface area (Å²) >= 11 is 0. The standard InChI is InChI=1S/C11H11F5N2O2/c1-2-20-10(19)8-5(3-17)7(9(12)13)6(4-18-8)11(14,15)16/h4,9H,2-3,17H2,1H3. The van der Waals surface area contributed by atoms with E-state index in [0.29, 0.717) is 0 Å². The van der Waals surface area contributed by atoms with Crippen molar-refractivity contribution in [1.82, 2.24) is 4.98 Å². The lowest BCUT2D eigenvalue weighted by Crippen LogP contribution is -2.20. The number of esters is 1. The molecule has 0 amide bonds. The van der Waals surface area contributed by atoms with Crippen LogP contribution in [-0.4, -0.2) is 17.6 Å². The Morgan fingerprint density at radius 1 is 1.45 bits per heavy atom. The molecule has 9 heteroatoms. The molecule has 0 radical (unpaired) electrons. The van der Waals surface area contributed by atoms with E-state index < -0.39 is 47.5 Å². The fourth-order valence-corrected chi connectivity index (χ4v) is 1.62. The highest BCUT2D eigenvalue weighted by Gasteiger charge is 2.39. The Kier molecular flexibility index (Phi) is 4.98. The van der Waals surface area contributed by atoms with E-state index in [2.05, 4.69) is 9.72 Å². The molecule has 1 rings (SSSR count). The maximum Gasteiger partial charge on any atom is 0.418 e. The van der Waals surface area contributed by atoms with Crippen LogP contribution in [0.15, 0.2) is 6.20 Å². The van der Waals surface area contributed by atoms with Gasteiger partial charge in [-0.3, -0.25) is 0 Å². The van der Waals surface area contributed by atoms with Crippen molar-refractivity contribution in [2.45, 2.75) is 26.1 Å². The summed E-state index contributed by atoms with van der Waals surface area (Å²) in [7, 11) is 0. The number of halogens is 5. The maximum atomic E-state index is 12.9. The van der Waals surface area contributed by atoms with Crippen LogP contribution in [0.1, 0.15) is 40.5 Å². The van der Waals surface area contributed by atoms with Crippen molar-refractivity contribution >= 4 is 5.97 Å². The second-order valence-electron chi connectivity index (χ2n) is 3.64. The number of hydrogen-bond acceptors (Lipinski definition) is 4. The molecule has 0 saturated carbocycles. The van der Waals surface area contributed by atoms with Crippen LogP contribution in [0.3, 0.4) is 0 Å². The SMILES string of the molecule is CCOC(=O)c1ncc(C(F)(F)F)c(C(F)F)c1CN. The number of pyridine rings is 1. The summed E-state index contributed by atoms with van der Waals surface area (Å²) in [4.78, 5) is 14.8. The first-order valence-corrected chi connectivity index (χ1v) is 5.48. The van der Waals surface area contributed by atoms with Crippen LogP contribution < -0.4 is 5.73 Å². The van der Waals surface area contributed by atoms with Gasteiger partial charge in [-0.2, -0.15) is 13.2 Å². The van der Waals surface area contributed by atoms with E-state index in [-0.39, 0.29) is 12.8 Å². The molecule has 0 aliphatic carbocycles. The number of nitrogens with two attached hydrogens (primary N) is 1. The Labute approximate surface area is 110 Å². The molecule has 4 nitrogen and oxygen atoms in total. The predicted octanol–water partition coefficient (Wildman–Crippen LogP) is 2.67. The van der Waals surface area contributed by atoms with Gasteiger partial charge in [-0.25, -0.2) is 18.6 Å². The van der Waals surface area contributed by atoms with E-state index in [0.717, 1.165) is 0 Å². The second-order valence-corrected chi connectivity index (χ2v) is 3.64. The summed E-state index contributed by atoms with van der Waals surface area (Å²) in [5.74, 6) is -1.09. The minimum atomic E-state index is -5.02. The molecule has 0 saturated heterocycles. The highest BCUT2D eigenvalue weighted by atomic mass is 19.4. The van der Waals surface area contributed by atoms with Gasteiger partial charge in [0.15, 0.2) is 5.69 Å². The third-order valence-corrected chi connectivity index (χ3v) is 2.42. The first-order valence-electron chi connectivity index (χ1n) is 5.48. The van der Waals surface area contributed by atoms with E-state index in [1.807, 2.05) is 0 Å². The van der Waals surface area contributed by atoms with Gasteiger partial charge in [0.05, 0.1) is 12.2 Å². The average molecular weight is 298 g/mol. The van der Waals surface area contributed by atoms with Gasteiger partial charge in [0, 0.05) is 23.9 Å². The first kappa shape index (κ1) is 16.3. The Bertz CT molecular complexity index is 502. The Balaban J connectivity index is 3.54. The maximum absolute atomic E-state index is 12.9. The minimum Gasteiger partial charge on any atom is -0.461 e. The molecule has 0 aromatic carbocycles. The smallest absolute Gasteiger partial charge is 0.418 e. The van der Waals surface area contributed by atoms with Gasteiger partial charge >= 0.3 is 12.1 Å².